The molecule has 1 aliphatic heterocycles. The van der Waals surface area contributed by atoms with Crippen LogP contribution in [0.2, 0.25) is 0 Å². The molecule has 2 aromatic heterocycles. The third-order valence-corrected chi connectivity index (χ3v) is 3.23. The highest BCUT2D eigenvalue weighted by Gasteiger charge is 2.43. The van der Waals surface area contributed by atoms with E-state index in [1.807, 2.05) is 0 Å². The number of aliphatic hydroxyl groups excluding tert-OH is 3. The Morgan fingerprint density at radius 2 is 1.96 bits per heavy atom. The number of ether oxygens (including phenoxy) is 1. The standard InChI is InChI=1S/C8H12N4O5.C4H5N3O/c9-7-10-2-12(8(16)11-7)6-5(15)4(14)3(1-13)17-6;5-3-1-2-6-4(8)7-3/h2-6,13-15H,1H2,(H2,9,11,16);1-2H,(H3,5,6,7,8)/t3-,4-,5-,6-;/m1./s1. The molecule has 8 N–H and O–H groups in total. The van der Waals surface area contributed by atoms with Gasteiger partial charge in [-0.15, -0.1) is 0 Å². The molecule has 25 heavy (non-hydrogen) atoms. The normalized spacial score (nSPS) is 25.2. The number of anilines is 2. The van der Waals surface area contributed by atoms with Crippen molar-refractivity contribution in [2.75, 3.05) is 18.1 Å². The smallest absolute Gasteiger partial charge is 0.354 e. The summed E-state index contributed by atoms with van der Waals surface area (Å²) in [6.45, 7) is -0.473. The van der Waals surface area contributed by atoms with Crippen LogP contribution in [-0.2, 0) is 4.74 Å². The zero-order valence-electron chi connectivity index (χ0n) is 12.8. The van der Waals surface area contributed by atoms with Gasteiger partial charge in [0.25, 0.3) is 0 Å². The van der Waals surface area contributed by atoms with Crippen molar-refractivity contribution in [2.24, 2.45) is 0 Å². The lowest BCUT2D eigenvalue weighted by Gasteiger charge is -2.16. The molecule has 0 aliphatic carbocycles. The maximum atomic E-state index is 11.5. The summed E-state index contributed by atoms with van der Waals surface area (Å²) in [6.07, 6.45) is -2.23. The Morgan fingerprint density at radius 3 is 2.44 bits per heavy atom. The number of aromatic amines is 1. The van der Waals surface area contributed by atoms with Crippen LogP contribution in [0.25, 0.3) is 0 Å². The van der Waals surface area contributed by atoms with Crippen LogP contribution < -0.4 is 22.8 Å². The van der Waals surface area contributed by atoms with E-state index in [-0.39, 0.29) is 11.8 Å². The average Bonchev–Trinajstić information content (AvgIpc) is 2.83. The molecule has 0 spiro atoms. The van der Waals surface area contributed by atoms with Crippen molar-refractivity contribution in [3.63, 3.8) is 0 Å². The largest absolute Gasteiger partial charge is 0.394 e. The Kier molecular flexibility index (Phi) is 5.76. The van der Waals surface area contributed by atoms with Gasteiger partial charge in [0.15, 0.2) is 6.23 Å². The van der Waals surface area contributed by atoms with E-state index in [1.165, 1.54) is 12.3 Å². The van der Waals surface area contributed by atoms with Gasteiger partial charge in [-0.05, 0) is 6.07 Å². The van der Waals surface area contributed by atoms with Crippen LogP contribution in [0.5, 0.6) is 0 Å². The van der Waals surface area contributed by atoms with E-state index in [2.05, 4.69) is 19.9 Å². The van der Waals surface area contributed by atoms with Gasteiger partial charge in [0.2, 0.25) is 5.95 Å². The first-order valence-corrected chi connectivity index (χ1v) is 6.97. The summed E-state index contributed by atoms with van der Waals surface area (Å²) in [5.41, 5.74) is 9.17. The number of aromatic nitrogens is 5. The lowest BCUT2D eigenvalue weighted by Crippen LogP contribution is -2.36. The predicted octanol–water partition coefficient (Wildman–Crippen LogP) is -3.82. The fraction of sp³-hybridized carbons (Fsp3) is 0.417. The van der Waals surface area contributed by atoms with Crippen molar-refractivity contribution < 1.29 is 20.1 Å². The highest BCUT2D eigenvalue weighted by atomic mass is 16.6. The topological polar surface area (TPSA) is 215 Å². The minimum atomic E-state index is -1.35. The molecular weight excluding hydrogens is 338 g/mol. The van der Waals surface area contributed by atoms with Gasteiger partial charge in [-0.1, -0.05) is 0 Å². The molecular formula is C12H17N7O6. The second kappa shape index (κ2) is 7.80. The molecule has 136 valence electrons. The number of nitrogen functional groups attached to an aromatic ring is 2. The second-order valence-electron chi connectivity index (χ2n) is 4.95. The molecule has 13 nitrogen and oxygen atoms in total. The van der Waals surface area contributed by atoms with E-state index in [0.29, 0.717) is 0 Å². The molecule has 0 aromatic carbocycles. The van der Waals surface area contributed by atoms with Crippen molar-refractivity contribution in [3.8, 4) is 0 Å². The molecule has 2 aromatic rings. The predicted molar refractivity (Wildman–Crippen MR) is 83.0 cm³/mol. The molecule has 1 fully saturated rings. The van der Waals surface area contributed by atoms with Crippen LogP contribution in [-0.4, -0.2) is 64.7 Å². The van der Waals surface area contributed by atoms with Crippen molar-refractivity contribution in [1.29, 1.82) is 0 Å². The van der Waals surface area contributed by atoms with Gasteiger partial charge >= 0.3 is 11.4 Å². The number of aliphatic hydroxyl groups is 3. The first-order valence-electron chi connectivity index (χ1n) is 6.97. The average molecular weight is 355 g/mol. The molecule has 1 saturated heterocycles. The summed E-state index contributed by atoms with van der Waals surface area (Å²) in [7, 11) is 0. The van der Waals surface area contributed by atoms with Crippen LogP contribution >= 0.6 is 0 Å². The van der Waals surface area contributed by atoms with Crippen LogP contribution in [0.1, 0.15) is 6.23 Å². The molecule has 4 atom stereocenters. The first-order chi connectivity index (χ1) is 11.8. The first kappa shape index (κ1) is 18.5. The number of H-pyrrole nitrogens is 1. The minimum Gasteiger partial charge on any atom is -0.394 e. The summed E-state index contributed by atoms with van der Waals surface area (Å²) in [5, 5.41) is 28.1. The third kappa shape index (κ3) is 4.36. The number of nitrogens with two attached hydrogens (primary N) is 2. The lowest BCUT2D eigenvalue weighted by atomic mass is 10.1. The quantitative estimate of drug-likeness (QED) is 0.307. The van der Waals surface area contributed by atoms with Gasteiger partial charge in [-0.3, -0.25) is 4.57 Å². The van der Waals surface area contributed by atoms with Crippen LogP contribution in [0.15, 0.2) is 28.2 Å². The van der Waals surface area contributed by atoms with Gasteiger partial charge in [-0.2, -0.15) is 9.97 Å². The van der Waals surface area contributed by atoms with E-state index < -0.39 is 42.5 Å². The number of nitrogens with one attached hydrogen (secondary N) is 1. The maximum Gasteiger partial charge on any atom is 0.354 e. The van der Waals surface area contributed by atoms with Crippen LogP contribution in [0, 0.1) is 0 Å². The summed E-state index contributed by atoms with van der Waals surface area (Å²) >= 11 is 0. The Hall–Kier alpha value is -2.87. The molecule has 0 amide bonds. The highest BCUT2D eigenvalue weighted by Crippen LogP contribution is 2.27. The fourth-order valence-corrected chi connectivity index (χ4v) is 2.02. The number of hydrogen-bond acceptors (Lipinski definition) is 11. The van der Waals surface area contributed by atoms with Crippen molar-refractivity contribution >= 4 is 11.8 Å². The molecule has 0 unspecified atom stereocenters. The molecule has 0 radical (unpaired) electrons. The maximum absolute atomic E-state index is 11.5. The molecule has 0 saturated carbocycles. The van der Waals surface area contributed by atoms with E-state index >= 15 is 0 Å². The molecule has 0 bridgehead atoms. The highest BCUT2D eigenvalue weighted by molar-refractivity contribution is 5.22. The fourth-order valence-electron chi connectivity index (χ4n) is 2.02. The van der Waals surface area contributed by atoms with Crippen LogP contribution in [0.4, 0.5) is 11.8 Å². The summed E-state index contributed by atoms with van der Waals surface area (Å²) in [6, 6.07) is 1.52. The van der Waals surface area contributed by atoms with Gasteiger partial charge in [-0.25, -0.2) is 14.6 Å². The zero-order chi connectivity index (χ0) is 18.6. The monoisotopic (exact) mass is 355 g/mol. The van der Waals surface area contributed by atoms with Crippen molar-refractivity contribution in [1.82, 2.24) is 24.5 Å². The van der Waals surface area contributed by atoms with E-state index in [4.69, 9.17) is 21.3 Å². The molecule has 3 heterocycles. The van der Waals surface area contributed by atoms with E-state index in [0.717, 1.165) is 10.9 Å². The Balaban J connectivity index is 0.000000236. The Morgan fingerprint density at radius 1 is 1.24 bits per heavy atom. The van der Waals surface area contributed by atoms with Crippen molar-refractivity contribution in [2.45, 2.75) is 24.5 Å². The van der Waals surface area contributed by atoms with Gasteiger partial charge in [0.1, 0.15) is 30.5 Å². The second-order valence-corrected chi connectivity index (χ2v) is 4.95. The van der Waals surface area contributed by atoms with Crippen LogP contribution in [0.3, 0.4) is 0 Å². The zero-order valence-corrected chi connectivity index (χ0v) is 12.8. The van der Waals surface area contributed by atoms with Gasteiger partial charge in [0.05, 0.1) is 6.61 Å². The van der Waals surface area contributed by atoms with Crippen molar-refractivity contribution in [3.05, 3.63) is 39.6 Å². The Labute approximate surface area is 139 Å². The molecule has 13 heteroatoms. The third-order valence-electron chi connectivity index (χ3n) is 3.23. The summed E-state index contributed by atoms with van der Waals surface area (Å²) in [4.78, 5) is 34.3. The van der Waals surface area contributed by atoms with E-state index in [1.54, 1.807) is 0 Å². The number of rotatable bonds is 2. The van der Waals surface area contributed by atoms with Gasteiger partial charge < -0.3 is 36.5 Å². The molecule has 1 aliphatic rings. The van der Waals surface area contributed by atoms with Gasteiger partial charge in [0, 0.05) is 6.20 Å². The number of hydrogen-bond donors (Lipinski definition) is 6. The summed E-state index contributed by atoms with van der Waals surface area (Å²) < 4.78 is 6.04. The molecule has 3 rings (SSSR count). The number of nitrogens with zero attached hydrogens (tertiary/aromatic N) is 4. The van der Waals surface area contributed by atoms with E-state index in [9.17, 15) is 19.8 Å². The Bertz CT molecular complexity index is 824. The SMILES string of the molecule is Nc1cc[nH]c(=O)n1.Nc1ncn([C@@H]2O[C@H](CO)[C@@H](O)[C@H]2O)c(=O)n1. The minimum absolute atomic E-state index is 0.196. The summed E-state index contributed by atoms with van der Waals surface area (Å²) in [5.74, 6) is 0.0479. The lowest BCUT2D eigenvalue weighted by molar-refractivity contribution is -0.0554.